The molecule has 0 bridgehead atoms. The Balaban J connectivity index is 1.86. The first-order valence-electron chi connectivity index (χ1n) is 6.41. The SMILES string of the molecule is N[C@H](C(=O)N1CCCSC1)C1CCCCC1. The number of carbonyl (C=O) groups is 1. The van der Waals surface area contributed by atoms with Gasteiger partial charge in [-0.1, -0.05) is 19.3 Å². The van der Waals surface area contributed by atoms with Crippen molar-refractivity contribution in [3.05, 3.63) is 0 Å². The average molecular weight is 242 g/mol. The van der Waals surface area contributed by atoms with E-state index in [1.165, 1.54) is 25.0 Å². The third-order valence-electron chi connectivity index (χ3n) is 3.72. The zero-order valence-corrected chi connectivity index (χ0v) is 10.7. The molecule has 16 heavy (non-hydrogen) atoms. The summed E-state index contributed by atoms with van der Waals surface area (Å²) in [6.07, 6.45) is 7.23. The maximum atomic E-state index is 12.2. The highest BCUT2D eigenvalue weighted by atomic mass is 32.2. The molecule has 92 valence electrons. The van der Waals surface area contributed by atoms with Crippen molar-refractivity contribution >= 4 is 17.7 Å². The summed E-state index contributed by atoms with van der Waals surface area (Å²) in [6, 6.07) is -0.237. The first-order chi connectivity index (χ1) is 7.79. The molecule has 1 atom stereocenters. The molecule has 0 radical (unpaired) electrons. The molecular formula is C12H22N2OS. The molecule has 4 heteroatoms. The van der Waals surface area contributed by atoms with E-state index in [-0.39, 0.29) is 11.9 Å². The number of hydrogen-bond acceptors (Lipinski definition) is 3. The molecule has 1 amide bonds. The third kappa shape index (κ3) is 2.92. The van der Waals surface area contributed by atoms with Gasteiger partial charge in [-0.2, -0.15) is 0 Å². The van der Waals surface area contributed by atoms with Crippen LogP contribution in [0, 0.1) is 5.92 Å². The summed E-state index contributed by atoms with van der Waals surface area (Å²) < 4.78 is 0. The van der Waals surface area contributed by atoms with Crippen LogP contribution in [0.3, 0.4) is 0 Å². The van der Waals surface area contributed by atoms with Gasteiger partial charge in [-0.25, -0.2) is 0 Å². The van der Waals surface area contributed by atoms with Crippen LogP contribution in [0.5, 0.6) is 0 Å². The standard InChI is InChI=1S/C12H22N2OS/c13-11(10-5-2-1-3-6-10)12(15)14-7-4-8-16-9-14/h10-11H,1-9,13H2/t11-/m0/s1. The molecule has 1 aliphatic carbocycles. The Morgan fingerprint density at radius 2 is 2.00 bits per heavy atom. The number of rotatable bonds is 2. The fourth-order valence-corrected chi connectivity index (χ4v) is 3.62. The minimum absolute atomic E-state index is 0.194. The summed E-state index contributed by atoms with van der Waals surface area (Å²) in [6.45, 7) is 0.909. The van der Waals surface area contributed by atoms with Crippen LogP contribution in [-0.4, -0.2) is 35.0 Å². The molecule has 0 aromatic rings. The molecule has 0 spiro atoms. The van der Waals surface area contributed by atoms with Crippen LogP contribution in [0.1, 0.15) is 38.5 Å². The molecule has 1 saturated heterocycles. The fourth-order valence-electron chi connectivity index (χ4n) is 2.68. The van der Waals surface area contributed by atoms with Crippen molar-refractivity contribution in [3.8, 4) is 0 Å². The van der Waals surface area contributed by atoms with E-state index >= 15 is 0 Å². The van der Waals surface area contributed by atoms with Gasteiger partial charge in [0.2, 0.25) is 5.91 Å². The van der Waals surface area contributed by atoms with Crippen LogP contribution in [0.4, 0.5) is 0 Å². The topological polar surface area (TPSA) is 46.3 Å². The van der Waals surface area contributed by atoms with Gasteiger partial charge < -0.3 is 10.6 Å². The number of carbonyl (C=O) groups excluding carboxylic acids is 1. The highest BCUT2D eigenvalue weighted by molar-refractivity contribution is 7.99. The maximum Gasteiger partial charge on any atom is 0.240 e. The van der Waals surface area contributed by atoms with Gasteiger partial charge in [0.25, 0.3) is 0 Å². The van der Waals surface area contributed by atoms with Gasteiger partial charge in [-0.05, 0) is 30.9 Å². The van der Waals surface area contributed by atoms with Crippen molar-refractivity contribution in [2.24, 2.45) is 11.7 Å². The monoisotopic (exact) mass is 242 g/mol. The van der Waals surface area contributed by atoms with Crippen molar-refractivity contribution in [2.45, 2.75) is 44.6 Å². The quantitative estimate of drug-likeness (QED) is 0.803. The predicted octanol–water partition coefficient (Wildman–Crippen LogP) is 1.82. The lowest BCUT2D eigenvalue weighted by molar-refractivity contribution is -0.133. The summed E-state index contributed by atoms with van der Waals surface area (Å²) in [5.74, 6) is 2.66. The Labute approximate surface area is 102 Å². The molecule has 1 aliphatic heterocycles. The largest absolute Gasteiger partial charge is 0.332 e. The number of amides is 1. The molecule has 1 heterocycles. The third-order valence-corrected chi connectivity index (χ3v) is 4.79. The lowest BCUT2D eigenvalue weighted by Gasteiger charge is -2.33. The second kappa shape index (κ2) is 5.92. The Hall–Kier alpha value is -0.220. The number of thioether (sulfide) groups is 1. The van der Waals surface area contributed by atoms with Crippen molar-refractivity contribution < 1.29 is 4.79 Å². The number of nitrogens with two attached hydrogens (primary N) is 1. The minimum Gasteiger partial charge on any atom is -0.332 e. The average Bonchev–Trinajstić information content (AvgIpc) is 2.39. The lowest BCUT2D eigenvalue weighted by Crippen LogP contribution is -2.49. The van der Waals surface area contributed by atoms with E-state index in [4.69, 9.17) is 5.73 Å². The molecule has 1 saturated carbocycles. The van der Waals surface area contributed by atoms with Crippen LogP contribution in [-0.2, 0) is 4.79 Å². The molecule has 2 rings (SSSR count). The zero-order chi connectivity index (χ0) is 11.4. The Morgan fingerprint density at radius 3 is 2.62 bits per heavy atom. The van der Waals surface area contributed by atoms with E-state index in [0.29, 0.717) is 5.92 Å². The molecule has 2 N–H and O–H groups in total. The van der Waals surface area contributed by atoms with Crippen LogP contribution in [0.2, 0.25) is 0 Å². The lowest BCUT2D eigenvalue weighted by atomic mass is 9.84. The van der Waals surface area contributed by atoms with Gasteiger partial charge in [0.05, 0.1) is 11.9 Å². The second-order valence-corrected chi connectivity index (χ2v) is 5.99. The van der Waals surface area contributed by atoms with Gasteiger partial charge >= 0.3 is 0 Å². The predicted molar refractivity (Wildman–Crippen MR) is 68.2 cm³/mol. The fraction of sp³-hybridized carbons (Fsp3) is 0.917. The van der Waals surface area contributed by atoms with E-state index in [9.17, 15) is 4.79 Å². The van der Waals surface area contributed by atoms with Crippen LogP contribution >= 0.6 is 11.8 Å². The summed E-state index contributed by atoms with van der Waals surface area (Å²) in [5.41, 5.74) is 6.12. The first kappa shape index (κ1) is 12.2. The summed E-state index contributed by atoms with van der Waals surface area (Å²) >= 11 is 1.84. The molecule has 2 fully saturated rings. The van der Waals surface area contributed by atoms with Gasteiger partial charge in [0, 0.05) is 6.54 Å². The van der Waals surface area contributed by atoms with Crippen LogP contribution in [0.15, 0.2) is 0 Å². The van der Waals surface area contributed by atoms with E-state index in [1.54, 1.807) is 0 Å². The van der Waals surface area contributed by atoms with E-state index in [0.717, 1.165) is 31.7 Å². The van der Waals surface area contributed by atoms with Crippen molar-refractivity contribution in [3.63, 3.8) is 0 Å². The van der Waals surface area contributed by atoms with E-state index in [1.807, 2.05) is 16.7 Å². The van der Waals surface area contributed by atoms with Crippen molar-refractivity contribution in [2.75, 3.05) is 18.2 Å². The summed E-state index contributed by atoms with van der Waals surface area (Å²) in [5, 5.41) is 0. The summed E-state index contributed by atoms with van der Waals surface area (Å²) in [7, 11) is 0. The highest BCUT2D eigenvalue weighted by Gasteiger charge is 2.30. The summed E-state index contributed by atoms with van der Waals surface area (Å²) in [4.78, 5) is 14.1. The van der Waals surface area contributed by atoms with Crippen molar-refractivity contribution in [1.82, 2.24) is 4.90 Å². The molecule has 0 aromatic carbocycles. The molecular weight excluding hydrogens is 220 g/mol. The van der Waals surface area contributed by atoms with Gasteiger partial charge in [0.15, 0.2) is 0 Å². The number of hydrogen-bond donors (Lipinski definition) is 1. The molecule has 0 unspecified atom stereocenters. The smallest absolute Gasteiger partial charge is 0.240 e. The molecule has 0 aromatic heterocycles. The van der Waals surface area contributed by atoms with Gasteiger partial charge in [-0.3, -0.25) is 4.79 Å². The zero-order valence-electron chi connectivity index (χ0n) is 9.86. The first-order valence-corrected chi connectivity index (χ1v) is 7.56. The Kier molecular flexibility index (Phi) is 4.53. The highest BCUT2D eigenvalue weighted by Crippen LogP contribution is 2.27. The van der Waals surface area contributed by atoms with Gasteiger partial charge in [0.1, 0.15) is 0 Å². The van der Waals surface area contributed by atoms with Crippen molar-refractivity contribution in [1.29, 1.82) is 0 Å². The van der Waals surface area contributed by atoms with Gasteiger partial charge in [-0.15, -0.1) is 11.8 Å². The Bertz CT molecular complexity index is 235. The van der Waals surface area contributed by atoms with E-state index < -0.39 is 0 Å². The number of nitrogens with zero attached hydrogens (tertiary/aromatic N) is 1. The second-order valence-electron chi connectivity index (χ2n) is 4.92. The Morgan fingerprint density at radius 1 is 1.25 bits per heavy atom. The van der Waals surface area contributed by atoms with Crippen LogP contribution < -0.4 is 5.73 Å². The molecule has 3 nitrogen and oxygen atoms in total. The minimum atomic E-state index is -0.237. The maximum absolute atomic E-state index is 12.2. The van der Waals surface area contributed by atoms with E-state index in [2.05, 4.69) is 0 Å². The van der Waals surface area contributed by atoms with Crippen LogP contribution in [0.25, 0.3) is 0 Å². The normalized spacial score (nSPS) is 25.4. The molecule has 2 aliphatic rings.